The second-order valence-electron chi connectivity index (χ2n) is 13.0. The molecular formula is C39H42N4O7S2. The van der Waals surface area contributed by atoms with E-state index in [-0.39, 0.29) is 41.3 Å². The van der Waals surface area contributed by atoms with Crippen LogP contribution in [0.5, 0.6) is 0 Å². The lowest BCUT2D eigenvalue weighted by Gasteiger charge is -2.33. The van der Waals surface area contributed by atoms with Crippen LogP contribution in [0.25, 0.3) is 0 Å². The number of aryl methyl sites for hydroxylation is 3. The van der Waals surface area contributed by atoms with E-state index in [4.69, 9.17) is 4.74 Å². The Balaban J connectivity index is 1.11. The number of benzene rings is 3. The van der Waals surface area contributed by atoms with Gasteiger partial charge in [0.05, 0.1) is 23.1 Å². The summed E-state index contributed by atoms with van der Waals surface area (Å²) in [6, 6.07) is 21.1. The fourth-order valence-corrected chi connectivity index (χ4v) is 9.38. The minimum absolute atomic E-state index is 0.00222. The molecule has 0 saturated carbocycles. The number of thiophene rings is 1. The number of nitrogens with zero attached hydrogens (tertiary/aromatic N) is 2. The SMILES string of the molecule is COC(=O)c1ccc(CCCc2ccc(NC(=O)c3c(NC(=O)c4cccc(S(=O)(=O)N5CCN(C(C)=O)CC5)c4)sc4c3CCCC4)cc2)cc1. The van der Waals surface area contributed by atoms with E-state index in [1.54, 1.807) is 23.1 Å². The van der Waals surface area contributed by atoms with Gasteiger partial charge in [0.2, 0.25) is 15.9 Å². The third kappa shape index (κ3) is 8.43. The fraction of sp³-hybridized carbons (Fsp3) is 0.333. The number of amides is 3. The van der Waals surface area contributed by atoms with Crippen LogP contribution in [0.2, 0.25) is 0 Å². The Labute approximate surface area is 308 Å². The van der Waals surface area contributed by atoms with Crippen molar-refractivity contribution in [2.24, 2.45) is 0 Å². The number of carbonyl (C=O) groups is 4. The third-order valence-corrected chi connectivity index (χ3v) is 12.7. The summed E-state index contributed by atoms with van der Waals surface area (Å²) in [5.41, 5.74) is 4.99. The number of methoxy groups -OCH3 is 1. The Bertz CT molecular complexity index is 2070. The molecular weight excluding hydrogens is 701 g/mol. The van der Waals surface area contributed by atoms with Crippen LogP contribution in [0.4, 0.5) is 10.7 Å². The molecule has 0 atom stereocenters. The van der Waals surface area contributed by atoms with Gasteiger partial charge in [0, 0.05) is 49.2 Å². The second-order valence-corrected chi connectivity index (χ2v) is 16.0. The van der Waals surface area contributed by atoms with Gasteiger partial charge in [0.25, 0.3) is 11.8 Å². The monoisotopic (exact) mass is 742 g/mol. The number of fused-ring (bicyclic) bond motifs is 1. The lowest BCUT2D eigenvalue weighted by atomic mass is 9.95. The van der Waals surface area contributed by atoms with Gasteiger partial charge >= 0.3 is 5.97 Å². The van der Waals surface area contributed by atoms with Crippen LogP contribution in [0.3, 0.4) is 0 Å². The lowest BCUT2D eigenvalue weighted by Crippen LogP contribution is -2.49. The number of ether oxygens (including phenoxy) is 1. The molecule has 2 aliphatic rings. The van der Waals surface area contributed by atoms with Gasteiger partial charge in [-0.2, -0.15) is 4.31 Å². The molecule has 4 aromatic rings. The predicted molar refractivity (Wildman–Crippen MR) is 201 cm³/mol. The number of rotatable bonds is 11. The largest absolute Gasteiger partial charge is 0.465 e. The molecule has 6 rings (SSSR count). The first-order valence-corrected chi connectivity index (χ1v) is 19.7. The van der Waals surface area contributed by atoms with Crippen LogP contribution in [0.15, 0.2) is 77.7 Å². The van der Waals surface area contributed by atoms with Gasteiger partial charge < -0.3 is 20.3 Å². The summed E-state index contributed by atoms with van der Waals surface area (Å²) < 4.78 is 33.0. The normalized spacial score (nSPS) is 14.7. The number of nitrogens with one attached hydrogen (secondary N) is 2. The molecule has 1 fully saturated rings. The highest BCUT2D eigenvalue weighted by molar-refractivity contribution is 7.89. The number of esters is 1. The van der Waals surface area contributed by atoms with Crippen LogP contribution >= 0.6 is 11.3 Å². The Morgan fingerprint density at radius 2 is 1.44 bits per heavy atom. The summed E-state index contributed by atoms with van der Waals surface area (Å²) in [6.07, 6.45) is 6.13. The molecule has 2 N–H and O–H groups in total. The van der Waals surface area contributed by atoms with E-state index < -0.39 is 15.9 Å². The molecule has 0 radical (unpaired) electrons. The van der Waals surface area contributed by atoms with Crippen LogP contribution in [-0.4, -0.2) is 74.6 Å². The summed E-state index contributed by atoms with van der Waals surface area (Å²) in [6.45, 7) is 2.44. The molecule has 3 aromatic carbocycles. The molecule has 272 valence electrons. The van der Waals surface area contributed by atoms with Gasteiger partial charge in [-0.25, -0.2) is 13.2 Å². The first-order valence-electron chi connectivity index (χ1n) is 17.4. The Hall–Kier alpha value is -4.85. The van der Waals surface area contributed by atoms with Gasteiger partial charge in [-0.15, -0.1) is 11.3 Å². The smallest absolute Gasteiger partial charge is 0.337 e. The lowest BCUT2D eigenvalue weighted by molar-refractivity contribution is -0.129. The zero-order valence-corrected chi connectivity index (χ0v) is 30.9. The van der Waals surface area contributed by atoms with Crippen molar-refractivity contribution in [3.8, 4) is 0 Å². The molecule has 1 saturated heterocycles. The Kier molecular flexibility index (Phi) is 11.5. The van der Waals surface area contributed by atoms with Crippen molar-refractivity contribution in [3.63, 3.8) is 0 Å². The minimum atomic E-state index is -3.89. The number of sulfonamides is 1. The van der Waals surface area contributed by atoms with Gasteiger partial charge in [0.15, 0.2) is 0 Å². The van der Waals surface area contributed by atoms with E-state index in [0.717, 1.165) is 66.5 Å². The van der Waals surface area contributed by atoms with Crippen molar-refractivity contribution >= 4 is 55.7 Å². The molecule has 3 amide bonds. The van der Waals surface area contributed by atoms with Crippen LogP contribution in [0, 0.1) is 0 Å². The van der Waals surface area contributed by atoms with E-state index in [1.807, 2.05) is 36.4 Å². The summed E-state index contributed by atoms with van der Waals surface area (Å²) in [5.74, 6) is -1.26. The minimum Gasteiger partial charge on any atom is -0.465 e. The topological polar surface area (TPSA) is 142 Å². The average Bonchev–Trinajstić information content (AvgIpc) is 3.53. The van der Waals surface area contributed by atoms with Crippen molar-refractivity contribution in [3.05, 3.63) is 111 Å². The third-order valence-electron chi connectivity index (χ3n) is 9.56. The summed E-state index contributed by atoms with van der Waals surface area (Å²) in [4.78, 5) is 53.5. The summed E-state index contributed by atoms with van der Waals surface area (Å²) in [7, 11) is -2.52. The Morgan fingerprint density at radius 1 is 0.788 bits per heavy atom. The maximum absolute atomic E-state index is 13.8. The molecule has 0 spiro atoms. The first-order chi connectivity index (χ1) is 25.0. The molecule has 11 nitrogen and oxygen atoms in total. The van der Waals surface area contributed by atoms with Crippen molar-refractivity contribution in [2.75, 3.05) is 43.9 Å². The van der Waals surface area contributed by atoms with E-state index in [1.165, 1.54) is 47.9 Å². The van der Waals surface area contributed by atoms with Crippen LogP contribution in [0.1, 0.15) is 78.8 Å². The molecule has 2 heterocycles. The highest BCUT2D eigenvalue weighted by atomic mass is 32.2. The number of piperazine rings is 1. The maximum atomic E-state index is 13.8. The van der Waals surface area contributed by atoms with Crippen LogP contribution < -0.4 is 10.6 Å². The first kappa shape index (κ1) is 36.9. The van der Waals surface area contributed by atoms with Crippen LogP contribution in [-0.2, 0) is 45.2 Å². The molecule has 1 aliphatic heterocycles. The number of hydrogen-bond donors (Lipinski definition) is 2. The van der Waals surface area contributed by atoms with Crippen molar-refractivity contribution < 1.29 is 32.3 Å². The molecule has 0 bridgehead atoms. The fourth-order valence-electron chi connectivity index (χ4n) is 6.63. The molecule has 13 heteroatoms. The quantitative estimate of drug-likeness (QED) is 0.181. The number of hydrogen-bond acceptors (Lipinski definition) is 8. The van der Waals surface area contributed by atoms with E-state index in [9.17, 15) is 27.6 Å². The van der Waals surface area contributed by atoms with Gasteiger partial charge in [-0.3, -0.25) is 14.4 Å². The standard InChI is InChI=1S/C39H42N4O7S2/c1-26(44)42-21-23-43(24-22-42)52(48,49)32-10-6-9-30(25-32)36(45)41-38-35(33-11-3-4-12-34(33)51-38)37(46)40-31-19-15-28(16-20-31)8-5-7-27-13-17-29(18-14-27)39(47)50-2/h6,9-10,13-20,25H,3-5,7-8,11-12,21-24H2,1-2H3,(H,40,46)(H,41,45). The van der Waals surface area contributed by atoms with Gasteiger partial charge in [0.1, 0.15) is 5.00 Å². The van der Waals surface area contributed by atoms with Crippen molar-refractivity contribution in [2.45, 2.75) is 56.8 Å². The maximum Gasteiger partial charge on any atom is 0.337 e. The van der Waals surface area contributed by atoms with Gasteiger partial charge in [-0.05, 0) is 104 Å². The number of anilines is 2. The molecule has 1 aromatic heterocycles. The summed E-state index contributed by atoms with van der Waals surface area (Å²) in [5, 5.41) is 6.39. The zero-order valence-electron chi connectivity index (χ0n) is 29.3. The predicted octanol–water partition coefficient (Wildman–Crippen LogP) is 5.95. The molecule has 1 aliphatic carbocycles. The summed E-state index contributed by atoms with van der Waals surface area (Å²) >= 11 is 1.40. The van der Waals surface area contributed by atoms with E-state index in [0.29, 0.717) is 34.9 Å². The van der Waals surface area contributed by atoms with E-state index in [2.05, 4.69) is 10.6 Å². The van der Waals surface area contributed by atoms with E-state index >= 15 is 0 Å². The number of carbonyl (C=O) groups excluding carboxylic acids is 4. The highest BCUT2D eigenvalue weighted by Gasteiger charge is 2.31. The van der Waals surface area contributed by atoms with Gasteiger partial charge in [-0.1, -0.05) is 30.3 Å². The Morgan fingerprint density at radius 3 is 2.10 bits per heavy atom. The highest BCUT2D eigenvalue weighted by Crippen LogP contribution is 2.39. The molecule has 52 heavy (non-hydrogen) atoms. The zero-order chi connectivity index (χ0) is 36.8. The van der Waals surface area contributed by atoms with Crippen molar-refractivity contribution in [1.29, 1.82) is 0 Å². The molecule has 0 unspecified atom stereocenters. The second kappa shape index (κ2) is 16.2. The average molecular weight is 743 g/mol. The van der Waals surface area contributed by atoms with Crippen molar-refractivity contribution in [1.82, 2.24) is 9.21 Å².